The molecule has 1 aromatic carbocycles. The van der Waals surface area contributed by atoms with E-state index in [1.807, 2.05) is 6.92 Å². The Labute approximate surface area is 166 Å². The first-order valence-electron chi connectivity index (χ1n) is 10.2. The minimum Gasteiger partial charge on any atom is -0.351 e. The van der Waals surface area contributed by atoms with Crippen molar-refractivity contribution in [3.63, 3.8) is 0 Å². The summed E-state index contributed by atoms with van der Waals surface area (Å²) >= 11 is 0. The molecular formula is C21H30FN5O. The van der Waals surface area contributed by atoms with Crippen LogP contribution in [0.5, 0.6) is 0 Å². The molecule has 3 unspecified atom stereocenters. The molecular weight excluding hydrogens is 357 g/mol. The smallest absolute Gasteiger partial charge is 0.273 e. The van der Waals surface area contributed by atoms with E-state index in [1.54, 1.807) is 23.0 Å². The van der Waals surface area contributed by atoms with Gasteiger partial charge in [0.15, 0.2) is 5.69 Å². The average Bonchev–Trinajstić information content (AvgIpc) is 3.17. The van der Waals surface area contributed by atoms with Crippen molar-refractivity contribution in [1.29, 1.82) is 0 Å². The number of likely N-dealkylation sites (tertiary alicyclic amines) is 1. The van der Waals surface area contributed by atoms with Crippen LogP contribution in [0.2, 0.25) is 0 Å². The maximum atomic E-state index is 13.1. The predicted octanol–water partition coefficient (Wildman–Crippen LogP) is 3.41. The zero-order valence-corrected chi connectivity index (χ0v) is 16.9. The summed E-state index contributed by atoms with van der Waals surface area (Å²) in [5, 5.41) is 11.0. The highest BCUT2D eigenvalue weighted by atomic mass is 19.1. The van der Waals surface area contributed by atoms with Gasteiger partial charge < -0.3 is 5.32 Å². The molecule has 1 aliphatic rings. The number of halogens is 1. The number of aromatic nitrogens is 3. The second-order valence-corrected chi connectivity index (χ2v) is 7.79. The van der Waals surface area contributed by atoms with E-state index in [9.17, 15) is 9.18 Å². The lowest BCUT2D eigenvalue weighted by atomic mass is 9.97. The standard InChI is InChI=1S/C21H30FN5O/c1-15-6-4-7-16(2)26(15)13-5-12-23-21(28)20-14-27(25-24-20)17(3)18-8-10-19(22)11-9-18/h8-11,14-17H,4-7,12-13H2,1-3H3,(H,23,28). The molecule has 28 heavy (non-hydrogen) atoms. The molecule has 0 saturated carbocycles. The zero-order valence-electron chi connectivity index (χ0n) is 16.9. The Morgan fingerprint density at radius 3 is 2.61 bits per heavy atom. The number of carbonyl (C=O) groups is 1. The van der Waals surface area contributed by atoms with E-state index in [0.29, 0.717) is 24.3 Å². The van der Waals surface area contributed by atoms with E-state index in [0.717, 1.165) is 18.5 Å². The van der Waals surface area contributed by atoms with Gasteiger partial charge in [-0.15, -0.1) is 5.10 Å². The summed E-state index contributed by atoms with van der Waals surface area (Å²) in [7, 11) is 0. The van der Waals surface area contributed by atoms with Gasteiger partial charge in [-0.25, -0.2) is 9.07 Å². The fourth-order valence-electron chi connectivity index (χ4n) is 3.93. The van der Waals surface area contributed by atoms with Gasteiger partial charge in [0.1, 0.15) is 5.82 Å². The second kappa shape index (κ2) is 9.28. The van der Waals surface area contributed by atoms with E-state index in [1.165, 1.54) is 31.4 Å². The molecule has 0 radical (unpaired) electrons. The third-order valence-corrected chi connectivity index (χ3v) is 5.75. The highest BCUT2D eigenvalue weighted by Gasteiger charge is 2.23. The highest BCUT2D eigenvalue weighted by molar-refractivity contribution is 5.91. The van der Waals surface area contributed by atoms with Crippen LogP contribution in [0.1, 0.15) is 68.5 Å². The van der Waals surface area contributed by atoms with Crippen LogP contribution < -0.4 is 5.32 Å². The molecule has 152 valence electrons. The molecule has 0 bridgehead atoms. The monoisotopic (exact) mass is 387 g/mol. The minimum absolute atomic E-state index is 0.128. The van der Waals surface area contributed by atoms with Gasteiger partial charge in [0.2, 0.25) is 0 Å². The fourth-order valence-corrected chi connectivity index (χ4v) is 3.93. The second-order valence-electron chi connectivity index (χ2n) is 7.79. The molecule has 2 aromatic rings. The Bertz CT molecular complexity index is 765. The summed E-state index contributed by atoms with van der Waals surface area (Å²) in [6, 6.07) is 7.37. The molecule has 3 atom stereocenters. The third-order valence-electron chi connectivity index (χ3n) is 5.75. The maximum absolute atomic E-state index is 13.1. The first-order valence-corrected chi connectivity index (χ1v) is 10.2. The van der Waals surface area contributed by atoms with Gasteiger partial charge >= 0.3 is 0 Å². The third kappa shape index (κ3) is 4.95. The zero-order chi connectivity index (χ0) is 20.1. The SMILES string of the molecule is CC1CCCC(C)N1CCCNC(=O)c1cn(C(C)c2ccc(F)cc2)nn1. The number of piperidine rings is 1. The largest absolute Gasteiger partial charge is 0.351 e. The molecule has 1 amide bonds. The summed E-state index contributed by atoms with van der Waals surface area (Å²) in [5.74, 6) is -0.486. The number of nitrogens with one attached hydrogen (secondary N) is 1. The van der Waals surface area contributed by atoms with Gasteiger partial charge in [-0.3, -0.25) is 9.69 Å². The summed E-state index contributed by atoms with van der Waals surface area (Å²) in [4.78, 5) is 14.9. The van der Waals surface area contributed by atoms with Crippen molar-refractivity contribution < 1.29 is 9.18 Å². The fraction of sp³-hybridized carbons (Fsp3) is 0.571. The van der Waals surface area contributed by atoms with E-state index in [4.69, 9.17) is 0 Å². The normalized spacial score (nSPS) is 21.4. The van der Waals surface area contributed by atoms with Crippen LogP contribution >= 0.6 is 0 Å². The highest BCUT2D eigenvalue weighted by Crippen LogP contribution is 2.22. The van der Waals surface area contributed by atoms with Crippen molar-refractivity contribution >= 4 is 5.91 Å². The Balaban J connectivity index is 1.48. The van der Waals surface area contributed by atoms with Crippen LogP contribution in [0.4, 0.5) is 4.39 Å². The first-order chi connectivity index (χ1) is 13.5. The lowest BCUT2D eigenvalue weighted by Gasteiger charge is -2.39. The molecule has 1 aromatic heterocycles. The lowest BCUT2D eigenvalue weighted by Crippen LogP contribution is -2.44. The van der Waals surface area contributed by atoms with E-state index in [-0.39, 0.29) is 17.8 Å². The number of nitrogens with zero attached hydrogens (tertiary/aromatic N) is 4. The van der Waals surface area contributed by atoms with Gasteiger partial charge in [-0.05, 0) is 57.7 Å². The quantitative estimate of drug-likeness (QED) is 0.740. The molecule has 7 heteroatoms. The summed E-state index contributed by atoms with van der Waals surface area (Å²) in [5.41, 5.74) is 1.21. The van der Waals surface area contributed by atoms with Crippen molar-refractivity contribution in [3.8, 4) is 0 Å². The van der Waals surface area contributed by atoms with Crippen molar-refractivity contribution in [2.24, 2.45) is 0 Å². The van der Waals surface area contributed by atoms with Gasteiger partial charge in [0.05, 0.1) is 12.2 Å². The van der Waals surface area contributed by atoms with Crippen molar-refractivity contribution in [1.82, 2.24) is 25.2 Å². The van der Waals surface area contributed by atoms with Gasteiger partial charge in [-0.1, -0.05) is 23.8 Å². The summed E-state index contributed by atoms with van der Waals surface area (Å²) < 4.78 is 14.7. The maximum Gasteiger partial charge on any atom is 0.273 e. The Hall–Kier alpha value is -2.28. The molecule has 1 fully saturated rings. The van der Waals surface area contributed by atoms with Crippen LogP contribution in [0.3, 0.4) is 0 Å². The van der Waals surface area contributed by atoms with Crippen LogP contribution in [0.15, 0.2) is 30.5 Å². The van der Waals surface area contributed by atoms with Gasteiger partial charge in [0, 0.05) is 25.2 Å². The topological polar surface area (TPSA) is 63.1 Å². The average molecular weight is 388 g/mol. The van der Waals surface area contributed by atoms with Crippen LogP contribution in [0, 0.1) is 5.82 Å². The predicted molar refractivity (Wildman–Crippen MR) is 107 cm³/mol. The Morgan fingerprint density at radius 1 is 1.25 bits per heavy atom. The molecule has 1 saturated heterocycles. The summed E-state index contributed by atoms with van der Waals surface area (Å²) in [6.45, 7) is 8.13. The van der Waals surface area contributed by atoms with Gasteiger partial charge in [-0.2, -0.15) is 0 Å². The molecule has 0 spiro atoms. The van der Waals surface area contributed by atoms with Gasteiger partial charge in [0.25, 0.3) is 5.91 Å². The molecule has 1 N–H and O–H groups in total. The lowest BCUT2D eigenvalue weighted by molar-refractivity contribution is 0.0921. The molecule has 1 aliphatic heterocycles. The molecule has 0 aliphatic carbocycles. The molecule has 3 rings (SSSR count). The molecule has 6 nitrogen and oxygen atoms in total. The number of rotatable bonds is 7. The number of carbonyl (C=O) groups excluding carboxylic acids is 1. The van der Waals surface area contributed by atoms with Crippen molar-refractivity contribution in [3.05, 3.63) is 47.5 Å². The van der Waals surface area contributed by atoms with Crippen molar-refractivity contribution in [2.45, 2.75) is 64.6 Å². The number of hydrogen-bond acceptors (Lipinski definition) is 4. The van der Waals surface area contributed by atoms with E-state index in [2.05, 4.69) is 34.4 Å². The first kappa shape index (κ1) is 20.5. The minimum atomic E-state index is -0.275. The van der Waals surface area contributed by atoms with Crippen LogP contribution in [-0.4, -0.2) is 51.0 Å². The van der Waals surface area contributed by atoms with Crippen LogP contribution in [-0.2, 0) is 0 Å². The van der Waals surface area contributed by atoms with Crippen molar-refractivity contribution in [2.75, 3.05) is 13.1 Å². The van der Waals surface area contributed by atoms with E-state index >= 15 is 0 Å². The van der Waals surface area contributed by atoms with Crippen LogP contribution in [0.25, 0.3) is 0 Å². The van der Waals surface area contributed by atoms with E-state index < -0.39 is 0 Å². The number of benzene rings is 1. The number of amides is 1. The Morgan fingerprint density at radius 2 is 1.93 bits per heavy atom. The summed E-state index contributed by atoms with van der Waals surface area (Å²) in [6.07, 6.45) is 6.37. The Kier molecular flexibility index (Phi) is 6.78. The number of hydrogen-bond donors (Lipinski definition) is 1. The molecule has 2 heterocycles.